The molecule has 156 valence electrons. The number of nitrogens with zero attached hydrogens (tertiary/aromatic N) is 1. The second kappa shape index (κ2) is 8.36. The van der Waals surface area contributed by atoms with Crippen LogP contribution in [-0.2, 0) is 35.5 Å². The third-order valence-corrected chi connectivity index (χ3v) is 5.64. The van der Waals surface area contributed by atoms with E-state index in [4.69, 9.17) is 16.3 Å². The zero-order valence-electron chi connectivity index (χ0n) is 16.0. The molecule has 0 spiro atoms. The molecule has 1 aliphatic rings. The van der Waals surface area contributed by atoms with Gasteiger partial charge in [0.2, 0.25) is 0 Å². The number of carbonyl (C=O) groups is 2. The molecule has 3 aromatic rings. The molecule has 6 nitrogen and oxygen atoms in total. The average molecular weight is 431 g/mol. The molecule has 0 saturated heterocycles. The normalized spacial score (nSPS) is 15.6. The maximum Gasteiger partial charge on any atom is 0.407 e. The number of amides is 1. The molecule has 2 aromatic carbocycles. The molecule has 30 heavy (non-hydrogen) atoms. The van der Waals surface area contributed by atoms with Gasteiger partial charge in [-0.3, -0.25) is 4.79 Å². The Balaban J connectivity index is 1.55. The first-order valence-electron chi connectivity index (χ1n) is 9.61. The molecule has 0 bridgehead atoms. The third kappa shape index (κ3) is 3.98. The molecule has 8 heteroatoms. The zero-order chi connectivity index (χ0) is 21.3. The molecule has 0 saturated carbocycles. The van der Waals surface area contributed by atoms with E-state index in [9.17, 15) is 19.1 Å². The van der Waals surface area contributed by atoms with Crippen LogP contribution >= 0.6 is 11.6 Å². The van der Waals surface area contributed by atoms with Gasteiger partial charge in [0.05, 0.1) is 10.5 Å². The minimum atomic E-state index is -1.03. The predicted octanol–water partition coefficient (Wildman–Crippen LogP) is 4.30. The van der Waals surface area contributed by atoms with Crippen LogP contribution in [0.2, 0.25) is 5.02 Å². The fraction of sp³-hybridized carbons (Fsp3) is 0.273. The first-order valence-corrected chi connectivity index (χ1v) is 9.98. The molecule has 4 rings (SSSR count). The summed E-state index contributed by atoms with van der Waals surface area (Å²) in [5.41, 5.74) is 2.70. The molecule has 0 aliphatic heterocycles. The van der Waals surface area contributed by atoms with Crippen LogP contribution in [0.3, 0.4) is 0 Å². The van der Waals surface area contributed by atoms with Gasteiger partial charge < -0.3 is 19.7 Å². The molecule has 1 amide bonds. The van der Waals surface area contributed by atoms with E-state index in [0.717, 1.165) is 11.3 Å². The van der Waals surface area contributed by atoms with Crippen molar-refractivity contribution in [2.45, 2.75) is 38.5 Å². The lowest BCUT2D eigenvalue weighted by Crippen LogP contribution is -2.39. The zero-order valence-corrected chi connectivity index (χ0v) is 16.8. The summed E-state index contributed by atoms with van der Waals surface area (Å²) < 4.78 is 21.5. The van der Waals surface area contributed by atoms with Crippen LogP contribution in [0.15, 0.2) is 42.5 Å². The Bertz CT molecular complexity index is 1110. The molecule has 0 radical (unpaired) electrons. The number of carboxylic acids is 1. The maximum atomic E-state index is 14.7. The summed E-state index contributed by atoms with van der Waals surface area (Å²) in [6, 6.07) is 11.8. The highest BCUT2D eigenvalue weighted by molar-refractivity contribution is 6.35. The van der Waals surface area contributed by atoms with Gasteiger partial charge in [-0.15, -0.1) is 0 Å². The summed E-state index contributed by atoms with van der Waals surface area (Å²) in [4.78, 5) is 23.6. The predicted molar refractivity (Wildman–Crippen MR) is 110 cm³/mol. The summed E-state index contributed by atoms with van der Waals surface area (Å²) in [6.07, 6.45) is 0.912. The number of carboxylic acid groups (broad SMARTS) is 1. The van der Waals surface area contributed by atoms with Crippen molar-refractivity contribution in [1.82, 2.24) is 9.88 Å². The number of aliphatic carboxylic acids is 1. The second-order valence-corrected chi connectivity index (χ2v) is 7.71. The number of nitrogens with one attached hydrogen (secondary N) is 1. The summed E-state index contributed by atoms with van der Waals surface area (Å²) in [7, 11) is 0. The van der Waals surface area contributed by atoms with Crippen LogP contribution in [0.4, 0.5) is 9.18 Å². The van der Waals surface area contributed by atoms with E-state index in [-0.39, 0.29) is 19.2 Å². The van der Waals surface area contributed by atoms with Gasteiger partial charge in [-0.2, -0.15) is 0 Å². The number of aromatic nitrogens is 1. The van der Waals surface area contributed by atoms with E-state index < -0.39 is 17.9 Å². The van der Waals surface area contributed by atoms with Crippen molar-refractivity contribution in [3.8, 4) is 0 Å². The highest BCUT2D eigenvalue weighted by Crippen LogP contribution is 2.37. The topological polar surface area (TPSA) is 80.6 Å². The second-order valence-electron chi connectivity index (χ2n) is 7.30. The lowest BCUT2D eigenvalue weighted by molar-refractivity contribution is -0.137. The van der Waals surface area contributed by atoms with Gasteiger partial charge in [0.1, 0.15) is 19.0 Å². The quantitative estimate of drug-likeness (QED) is 0.632. The van der Waals surface area contributed by atoms with E-state index in [1.165, 1.54) is 12.1 Å². The molecule has 2 N–H and O–H groups in total. The Hall–Kier alpha value is -3.06. The first-order chi connectivity index (χ1) is 14.4. The van der Waals surface area contributed by atoms with Gasteiger partial charge in [0, 0.05) is 17.1 Å². The third-order valence-electron chi connectivity index (χ3n) is 5.33. The molecular formula is C22H20ClFN2O4. The molecule has 1 aromatic heterocycles. The van der Waals surface area contributed by atoms with Crippen LogP contribution in [0.5, 0.6) is 0 Å². The smallest absolute Gasteiger partial charge is 0.407 e. The van der Waals surface area contributed by atoms with Crippen LogP contribution in [-0.4, -0.2) is 27.8 Å². The number of hydrogen-bond acceptors (Lipinski definition) is 3. The fourth-order valence-corrected chi connectivity index (χ4v) is 4.32. The number of alkyl carbamates (subject to hydrolysis) is 1. The van der Waals surface area contributed by atoms with Crippen LogP contribution < -0.4 is 5.32 Å². The monoisotopic (exact) mass is 430 g/mol. The Morgan fingerprint density at radius 2 is 2.00 bits per heavy atom. The van der Waals surface area contributed by atoms with E-state index in [1.807, 2.05) is 30.3 Å². The van der Waals surface area contributed by atoms with Crippen molar-refractivity contribution < 1.29 is 23.8 Å². The van der Waals surface area contributed by atoms with Crippen molar-refractivity contribution in [2.24, 2.45) is 0 Å². The summed E-state index contributed by atoms with van der Waals surface area (Å²) in [6.45, 7) is -0.140. The Kier molecular flexibility index (Phi) is 5.63. The van der Waals surface area contributed by atoms with Gasteiger partial charge in [-0.25, -0.2) is 9.18 Å². The lowest BCUT2D eigenvalue weighted by atomic mass is 9.91. The molecule has 1 heterocycles. The van der Waals surface area contributed by atoms with Crippen LogP contribution in [0, 0.1) is 5.82 Å². The van der Waals surface area contributed by atoms with Gasteiger partial charge in [-0.1, -0.05) is 41.9 Å². The van der Waals surface area contributed by atoms with Gasteiger partial charge in [0.15, 0.2) is 0 Å². The SMILES string of the molecule is O=C(O)Cn1c2c(c3c(F)ccc(Cl)c31)C[C@@H](NC(=O)OCc1ccccc1)CC2. The lowest BCUT2D eigenvalue weighted by Gasteiger charge is -2.24. The van der Waals surface area contributed by atoms with Crippen molar-refractivity contribution in [3.63, 3.8) is 0 Å². The first kappa shape index (κ1) is 20.2. The van der Waals surface area contributed by atoms with Crippen molar-refractivity contribution in [1.29, 1.82) is 0 Å². The highest BCUT2D eigenvalue weighted by Gasteiger charge is 2.29. The number of halogens is 2. The highest BCUT2D eigenvalue weighted by atomic mass is 35.5. The number of fused-ring (bicyclic) bond motifs is 3. The summed E-state index contributed by atoms with van der Waals surface area (Å²) >= 11 is 6.29. The number of carbonyl (C=O) groups excluding carboxylic acids is 1. The van der Waals surface area contributed by atoms with Gasteiger partial charge in [0.25, 0.3) is 0 Å². The van der Waals surface area contributed by atoms with Crippen molar-refractivity contribution in [3.05, 3.63) is 70.1 Å². The minimum Gasteiger partial charge on any atom is -0.480 e. The fourth-order valence-electron chi connectivity index (χ4n) is 4.06. The average Bonchev–Trinajstić information content (AvgIpc) is 3.04. The minimum absolute atomic E-state index is 0.160. The number of benzene rings is 2. The molecular weight excluding hydrogens is 411 g/mol. The summed E-state index contributed by atoms with van der Waals surface area (Å²) in [5, 5.41) is 12.8. The van der Waals surface area contributed by atoms with Crippen LogP contribution in [0.25, 0.3) is 10.9 Å². The van der Waals surface area contributed by atoms with E-state index in [1.54, 1.807) is 4.57 Å². The maximum absolute atomic E-state index is 14.7. The van der Waals surface area contributed by atoms with Crippen molar-refractivity contribution >= 4 is 34.6 Å². The van der Waals surface area contributed by atoms with E-state index >= 15 is 0 Å². The van der Waals surface area contributed by atoms with Gasteiger partial charge in [-0.05, 0) is 42.5 Å². The molecule has 1 aliphatic carbocycles. The Morgan fingerprint density at radius 3 is 2.73 bits per heavy atom. The number of rotatable bonds is 5. The van der Waals surface area contributed by atoms with Crippen LogP contribution in [0.1, 0.15) is 23.2 Å². The standard InChI is InChI=1S/C22H20ClFN2O4/c23-16-7-8-17(24)20-15-10-14(6-9-18(15)26(21(16)20)11-19(27)28)25-22(29)30-12-13-4-2-1-3-5-13/h1-5,7-8,14H,6,9-12H2,(H,25,29)(H,27,28)/t14-/m0/s1. The number of hydrogen-bond donors (Lipinski definition) is 2. The Labute approximate surface area is 177 Å². The van der Waals surface area contributed by atoms with E-state index in [0.29, 0.717) is 40.8 Å². The Morgan fingerprint density at radius 1 is 1.23 bits per heavy atom. The number of ether oxygens (including phenoxy) is 1. The van der Waals surface area contributed by atoms with Crippen molar-refractivity contribution in [2.75, 3.05) is 0 Å². The summed E-state index contributed by atoms with van der Waals surface area (Å²) in [5.74, 6) is -1.48. The molecule has 1 atom stereocenters. The van der Waals surface area contributed by atoms with E-state index in [2.05, 4.69) is 5.32 Å². The molecule has 0 unspecified atom stereocenters. The van der Waals surface area contributed by atoms with Gasteiger partial charge >= 0.3 is 12.1 Å². The largest absolute Gasteiger partial charge is 0.480 e. The molecule has 0 fully saturated rings.